The fourth-order valence-corrected chi connectivity index (χ4v) is 13.2. The minimum Gasteiger partial charge on any atom is -0.354 e. The Bertz CT molecular complexity index is 4660. The van der Waals surface area contributed by atoms with E-state index in [9.17, 15) is 0 Å². The summed E-state index contributed by atoms with van der Waals surface area (Å²) in [5, 5.41) is 10.9. The summed E-state index contributed by atoms with van der Waals surface area (Å²) >= 11 is 0. The van der Waals surface area contributed by atoms with Crippen molar-refractivity contribution in [1.82, 2.24) is 9.97 Å². The summed E-state index contributed by atoms with van der Waals surface area (Å²) in [6.07, 6.45) is 0. The van der Waals surface area contributed by atoms with Gasteiger partial charge in [-0.3, -0.25) is 0 Å². The molecule has 0 saturated heterocycles. The molecule has 2 atom stereocenters. The van der Waals surface area contributed by atoms with E-state index in [1.807, 2.05) is 12.1 Å². The van der Waals surface area contributed by atoms with Gasteiger partial charge in [-0.25, -0.2) is 0 Å². The van der Waals surface area contributed by atoms with Crippen LogP contribution < -0.4 is 20.6 Å². The second kappa shape index (κ2) is 23.4. The lowest BCUT2D eigenvalue weighted by Gasteiger charge is -2.27. The average molecular weight is 1110 g/mol. The number of H-pyrrole nitrogens is 2. The van der Waals surface area contributed by atoms with E-state index in [1.165, 1.54) is 98.9 Å². The molecule has 0 saturated carbocycles. The number of aromatic amines is 2. The number of fused-ring (bicyclic) bond motifs is 6. The number of anilines is 4. The van der Waals surface area contributed by atoms with E-state index in [0.29, 0.717) is 8.73 Å². The molecule has 0 aliphatic rings. The van der Waals surface area contributed by atoms with Crippen LogP contribution in [-0.4, -0.2) is 9.97 Å². The maximum atomic E-state index is 3.96. The minimum atomic E-state index is 0.291. The van der Waals surface area contributed by atoms with Crippen molar-refractivity contribution in [3.05, 3.63) is 315 Å². The van der Waals surface area contributed by atoms with Gasteiger partial charge >= 0.3 is 0 Å². The molecule has 400 valence electrons. The Morgan fingerprint density at radius 2 is 0.690 bits per heavy atom. The van der Waals surface area contributed by atoms with Crippen molar-refractivity contribution < 1.29 is 0 Å². The van der Waals surface area contributed by atoms with Crippen LogP contribution in [0.2, 0.25) is 0 Å². The molecule has 2 aromatic heterocycles. The van der Waals surface area contributed by atoms with Gasteiger partial charge in [-0.15, -0.1) is 9.24 Å². The van der Waals surface area contributed by atoms with Crippen molar-refractivity contribution in [3.8, 4) is 66.8 Å². The normalized spacial score (nSPS) is 11.3. The molecule has 0 radical (unpaired) electrons. The molecule has 13 aromatic carbocycles. The summed E-state index contributed by atoms with van der Waals surface area (Å²) in [6, 6.07) is 113. The van der Waals surface area contributed by atoms with Gasteiger partial charge in [-0.1, -0.05) is 231 Å². The van der Waals surface area contributed by atoms with Crippen LogP contribution in [0.4, 0.5) is 22.7 Å². The quantitative estimate of drug-likeness (QED) is 0.107. The first-order valence-corrected chi connectivity index (χ1v) is 29.9. The van der Waals surface area contributed by atoms with Gasteiger partial charge in [-0.2, -0.15) is 0 Å². The van der Waals surface area contributed by atoms with Gasteiger partial charge in [0.15, 0.2) is 0 Å². The van der Waals surface area contributed by atoms with Gasteiger partial charge < -0.3 is 20.0 Å². The van der Waals surface area contributed by atoms with E-state index in [4.69, 9.17) is 0 Å². The van der Waals surface area contributed by atoms with E-state index >= 15 is 0 Å². The molecule has 15 aromatic rings. The van der Waals surface area contributed by atoms with Crippen LogP contribution in [0.3, 0.4) is 0 Å². The van der Waals surface area contributed by atoms with Gasteiger partial charge in [0.05, 0.1) is 22.4 Å². The van der Waals surface area contributed by atoms with Gasteiger partial charge in [0, 0.05) is 52.7 Å². The SMILES string of the molecule is Pc1cc(-c2ccccc2)cc(-c2ccccc2)c1.c1ccc(-c2cccc(Nc3cccc4c3[nH]c3cc5c(cc34)[nH]c3c(N(Pc4cc(-c6ccccc6)cc(-c6ccccc6)c4)c4cccc(-c6ccccc6)c4)cccc35)c2)cc1. The maximum absolute atomic E-state index is 3.96. The Hall–Kier alpha value is -10.1. The third kappa shape index (κ3) is 10.9. The monoisotopic (exact) mass is 1110 g/mol. The van der Waals surface area contributed by atoms with Crippen molar-refractivity contribution in [1.29, 1.82) is 0 Å². The zero-order chi connectivity index (χ0) is 56.2. The van der Waals surface area contributed by atoms with Gasteiger partial charge in [0.25, 0.3) is 0 Å². The van der Waals surface area contributed by atoms with Crippen LogP contribution in [0.25, 0.3) is 110 Å². The molecule has 84 heavy (non-hydrogen) atoms. The summed E-state index contributed by atoms with van der Waals surface area (Å²) in [4.78, 5) is 7.79. The summed E-state index contributed by atoms with van der Waals surface area (Å²) < 4.78 is 2.51. The van der Waals surface area contributed by atoms with Crippen LogP contribution in [-0.2, 0) is 0 Å². The molecule has 15 rings (SSSR count). The Balaban J connectivity index is 0.000000280. The van der Waals surface area contributed by atoms with Crippen LogP contribution in [0.15, 0.2) is 315 Å². The molecule has 0 spiro atoms. The number of hydrogen-bond acceptors (Lipinski definition) is 2. The standard InChI is InChI=1S/C60H43N4P.C18H15P/c1-5-17-40(18-6-1)44-25-13-27-48(34-44)61-55-31-15-29-51-53-38-57-54(39-56(53)62-59(51)55)52-30-16-32-58(60(52)63-57)64(49-28-14-26-45(35-49)41-19-7-2-8-20-41)65-50-36-46(42-21-9-3-10-22-42)33-47(37-50)43-23-11-4-12-24-43;19-18-12-16(14-7-3-1-4-8-14)11-17(13-18)15-9-5-2-6-10-15/h1-39,61-63,65H;1-13H,19H2. The van der Waals surface area contributed by atoms with E-state index in [2.05, 4.69) is 333 Å². The van der Waals surface area contributed by atoms with E-state index in [0.717, 1.165) is 44.8 Å². The summed E-state index contributed by atoms with van der Waals surface area (Å²) in [7, 11) is 3.09. The molecule has 2 heterocycles. The third-order valence-electron chi connectivity index (χ3n) is 15.6. The minimum absolute atomic E-state index is 0.291. The second-order valence-corrected chi connectivity index (χ2v) is 23.1. The average Bonchev–Trinajstić information content (AvgIpc) is 4.19. The zero-order valence-electron chi connectivity index (χ0n) is 46.0. The highest BCUT2D eigenvalue weighted by Crippen LogP contribution is 2.45. The van der Waals surface area contributed by atoms with E-state index < -0.39 is 0 Å². The topological polar surface area (TPSA) is 46.9 Å². The first kappa shape index (κ1) is 52.0. The number of hydrogen-bond donors (Lipinski definition) is 3. The number of rotatable bonds is 12. The molecule has 0 aliphatic carbocycles. The molecule has 0 bridgehead atoms. The molecular weight excluding hydrogens is 1050 g/mol. The first-order chi connectivity index (χ1) is 41.5. The highest BCUT2D eigenvalue weighted by Gasteiger charge is 2.20. The van der Waals surface area contributed by atoms with Crippen molar-refractivity contribution in [3.63, 3.8) is 0 Å². The highest BCUT2D eigenvalue weighted by atomic mass is 31.1. The van der Waals surface area contributed by atoms with Crippen molar-refractivity contribution in [2.45, 2.75) is 0 Å². The van der Waals surface area contributed by atoms with Gasteiger partial charge in [0.2, 0.25) is 0 Å². The Kier molecular flexibility index (Phi) is 14.5. The molecule has 0 fully saturated rings. The molecule has 6 heteroatoms. The fourth-order valence-electron chi connectivity index (χ4n) is 11.6. The Morgan fingerprint density at radius 3 is 1.19 bits per heavy atom. The van der Waals surface area contributed by atoms with Crippen molar-refractivity contribution in [2.75, 3.05) is 9.99 Å². The lowest BCUT2D eigenvalue weighted by Crippen LogP contribution is -2.12. The number of para-hydroxylation sites is 2. The number of nitrogens with zero attached hydrogens (tertiary/aromatic N) is 1. The lowest BCUT2D eigenvalue weighted by molar-refractivity contribution is 1.42. The Labute approximate surface area is 494 Å². The van der Waals surface area contributed by atoms with Crippen LogP contribution in [0.1, 0.15) is 0 Å². The van der Waals surface area contributed by atoms with Crippen LogP contribution in [0.5, 0.6) is 0 Å². The molecule has 2 unspecified atom stereocenters. The van der Waals surface area contributed by atoms with Crippen molar-refractivity contribution >= 4 is 94.9 Å². The summed E-state index contributed by atoms with van der Waals surface area (Å²) in [5.41, 5.74) is 23.4. The summed E-state index contributed by atoms with van der Waals surface area (Å²) in [6.45, 7) is 0. The molecule has 3 N–H and O–H groups in total. The predicted molar refractivity (Wildman–Crippen MR) is 366 cm³/mol. The number of aromatic nitrogens is 2. The van der Waals surface area contributed by atoms with Crippen molar-refractivity contribution in [2.24, 2.45) is 0 Å². The maximum Gasteiger partial charge on any atom is 0.0708 e. The van der Waals surface area contributed by atoms with Gasteiger partial charge in [-0.05, 0) is 162 Å². The highest BCUT2D eigenvalue weighted by molar-refractivity contribution is 7.49. The molecule has 0 amide bonds. The third-order valence-corrected chi connectivity index (χ3v) is 17.2. The lowest BCUT2D eigenvalue weighted by atomic mass is 9.99. The number of nitrogens with one attached hydrogen (secondary N) is 3. The van der Waals surface area contributed by atoms with E-state index in [1.54, 1.807) is 0 Å². The predicted octanol–water partition coefficient (Wildman–Crippen LogP) is 20.9. The number of benzene rings is 13. The molecular formula is C78H58N4P2. The zero-order valence-corrected chi connectivity index (χ0v) is 48.2. The summed E-state index contributed by atoms with van der Waals surface area (Å²) in [5.74, 6) is 0. The smallest absolute Gasteiger partial charge is 0.0708 e. The fraction of sp³-hybridized carbons (Fsp3) is 0. The second-order valence-electron chi connectivity index (χ2n) is 21.2. The largest absolute Gasteiger partial charge is 0.354 e. The van der Waals surface area contributed by atoms with E-state index in [-0.39, 0.29) is 0 Å². The van der Waals surface area contributed by atoms with Gasteiger partial charge in [0.1, 0.15) is 0 Å². The first-order valence-electron chi connectivity index (χ1n) is 28.4. The Morgan fingerprint density at radius 1 is 0.298 bits per heavy atom. The molecule has 4 nitrogen and oxygen atoms in total. The molecule has 0 aliphatic heterocycles. The van der Waals surface area contributed by atoms with Crippen LogP contribution >= 0.6 is 18.0 Å². The van der Waals surface area contributed by atoms with Crippen LogP contribution in [0, 0.1) is 0 Å².